The lowest BCUT2D eigenvalue weighted by molar-refractivity contribution is 0.0391. The Hall–Kier alpha value is -1.51. The van der Waals surface area contributed by atoms with Gasteiger partial charge in [0.05, 0.1) is 23.4 Å². The number of anilines is 1. The van der Waals surface area contributed by atoms with Crippen LogP contribution in [0.25, 0.3) is 10.2 Å². The predicted octanol–water partition coefficient (Wildman–Crippen LogP) is 4.77. The molecule has 0 unspecified atom stereocenters. The number of hydrogen-bond donors (Lipinski definition) is 0. The van der Waals surface area contributed by atoms with Gasteiger partial charge in [-0.1, -0.05) is 45.5 Å². The van der Waals surface area contributed by atoms with E-state index in [1.807, 2.05) is 35.2 Å². The van der Waals surface area contributed by atoms with Crippen LogP contribution in [-0.4, -0.2) is 55.2 Å². The minimum Gasteiger partial charge on any atom is -0.379 e. The standard InChI is InChI=1S/C21H22BrN3O2S.ClH/c1-15-4-2-7-18-19(15)23-21(28-18)25(9-8-24-10-12-27-13-11-24)20(26)16-5-3-6-17(22)14-16;/h2-7,14H,8-13H2,1H3;1H. The van der Waals surface area contributed by atoms with E-state index < -0.39 is 0 Å². The normalized spacial score (nSPS) is 14.6. The van der Waals surface area contributed by atoms with Crippen molar-refractivity contribution in [3.8, 4) is 0 Å². The van der Waals surface area contributed by atoms with Gasteiger partial charge in [-0.2, -0.15) is 0 Å². The second-order valence-electron chi connectivity index (χ2n) is 6.84. The first kappa shape index (κ1) is 22.2. The highest BCUT2D eigenvalue weighted by molar-refractivity contribution is 9.10. The molecule has 29 heavy (non-hydrogen) atoms. The number of hydrogen-bond acceptors (Lipinski definition) is 5. The fraction of sp³-hybridized carbons (Fsp3) is 0.333. The van der Waals surface area contributed by atoms with Gasteiger partial charge in [-0.15, -0.1) is 12.4 Å². The van der Waals surface area contributed by atoms with Crippen molar-refractivity contribution in [3.63, 3.8) is 0 Å². The van der Waals surface area contributed by atoms with Gasteiger partial charge in [-0.3, -0.25) is 14.6 Å². The Labute approximate surface area is 189 Å². The maximum atomic E-state index is 13.4. The Bertz CT molecular complexity index is 991. The zero-order valence-corrected chi connectivity index (χ0v) is 19.4. The van der Waals surface area contributed by atoms with Crippen molar-refractivity contribution in [1.29, 1.82) is 0 Å². The highest BCUT2D eigenvalue weighted by atomic mass is 79.9. The number of morpholine rings is 1. The molecule has 154 valence electrons. The number of amides is 1. The minimum absolute atomic E-state index is 0. The number of carbonyl (C=O) groups is 1. The zero-order valence-electron chi connectivity index (χ0n) is 16.1. The molecule has 0 bridgehead atoms. The average molecular weight is 497 g/mol. The van der Waals surface area contributed by atoms with E-state index in [1.54, 1.807) is 11.3 Å². The Morgan fingerprint density at radius 3 is 2.72 bits per heavy atom. The summed E-state index contributed by atoms with van der Waals surface area (Å²) in [7, 11) is 0. The number of fused-ring (bicyclic) bond motifs is 1. The number of thiazole rings is 1. The summed E-state index contributed by atoms with van der Waals surface area (Å²) in [6.45, 7) is 6.76. The first-order valence-corrected chi connectivity index (χ1v) is 11.0. The molecule has 0 spiro atoms. The third-order valence-electron chi connectivity index (χ3n) is 4.90. The van der Waals surface area contributed by atoms with Crippen molar-refractivity contribution in [2.45, 2.75) is 6.92 Å². The molecule has 0 aliphatic carbocycles. The molecule has 1 amide bonds. The summed E-state index contributed by atoms with van der Waals surface area (Å²) in [5.74, 6) is -0.0220. The number of rotatable bonds is 5. The molecule has 0 N–H and O–H groups in total. The molecule has 0 saturated carbocycles. The smallest absolute Gasteiger partial charge is 0.260 e. The summed E-state index contributed by atoms with van der Waals surface area (Å²) >= 11 is 5.04. The molecule has 2 heterocycles. The van der Waals surface area contributed by atoms with Gasteiger partial charge >= 0.3 is 0 Å². The first-order chi connectivity index (χ1) is 13.6. The van der Waals surface area contributed by atoms with E-state index in [1.165, 1.54) is 0 Å². The van der Waals surface area contributed by atoms with Gasteiger partial charge in [0.15, 0.2) is 5.13 Å². The summed E-state index contributed by atoms with van der Waals surface area (Å²) in [6.07, 6.45) is 0. The Morgan fingerprint density at radius 1 is 1.24 bits per heavy atom. The molecule has 1 saturated heterocycles. The SMILES string of the molecule is Cc1cccc2sc(N(CCN3CCOCC3)C(=O)c3cccc(Br)c3)nc12.Cl. The van der Waals surface area contributed by atoms with Crippen LogP contribution in [0.15, 0.2) is 46.9 Å². The van der Waals surface area contributed by atoms with Gasteiger partial charge in [0, 0.05) is 36.2 Å². The highest BCUT2D eigenvalue weighted by Crippen LogP contribution is 2.31. The van der Waals surface area contributed by atoms with Gasteiger partial charge < -0.3 is 4.74 Å². The number of benzene rings is 2. The molecule has 2 aromatic carbocycles. The Balaban J connectivity index is 0.00000240. The van der Waals surface area contributed by atoms with Crippen molar-refractivity contribution in [3.05, 3.63) is 58.1 Å². The topological polar surface area (TPSA) is 45.7 Å². The van der Waals surface area contributed by atoms with E-state index in [9.17, 15) is 4.79 Å². The van der Waals surface area contributed by atoms with Gasteiger partial charge in [0.1, 0.15) is 0 Å². The van der Waals surface area contributed by atoms with Crippen molar-refractivity contribution < 1.29 is 9.53 Å². The summed E-state index contributed by atoms with van der Waals surface area (Å²) in [5, 5.41) is 0.752. The summed E-state index contributed by atoms with van der Waals surface area (Å²) < 4.78 is 7.44. The van der Waals surface area contributed by atoms with E-state index in [4.69, 9.17) is 9.72 Å². The number of aryl methyl sites for hydroxylation is 1. The lowest BCUT2D eigenvalue weighted by Gasteiger charge is -2.29. The van der Waals surface area contributed by atoms with Crippen LogP contribution in [0.5, 0.6) is 0 Å². The first-order valence-electron chi connectivity index (χ1n) is 9.35. The van der Waals surface area contributed by atoms with Crippen molar-refractivity contribution in [2.75, 3.05) is 44.3 Å². The molecule has 1 aliphatic rings. The maximum absolute atomic E-state index is 13.4. The van der Waals surface area contributed by atoms with Crippen LogP contribution >= 0.6 is 39.7 Å². The number of nitrogens with zero attached hydrogens (tertiary/aromatic N) is 3. The predicted molar refractivity (Wildman–Crippen MR) is 125 cm³/mol. The molecule has 0 radical (unpaired) electrons. The van der Waals surface area contributed by atoms with E-state index in [0.29, 0.717) is 12.1 Å². The Kier molecular flexibility index (Phi) is 7.65. The number of ether oxygens (including phenoxy) is 1. The third kappa shape index (κ3) is 5.16. The molecular formula is C21H23BrClN3O2S. The maximum Gasteiger partial charge on any atom is 0.260 e. The van der Waals surface area contributed by atoms with Crippen LogP contribution < -0.4 is 4.90 Å². The van der Waals surface area contributed by atoms with Crippen LogP contribution in [-0.2, 0) is 4.74 Å². The van der Waals surface area contributed by atoms with Crippen LogP contribution in [0.1, 0.15) is 15.9 Å². The fourth-order valence-electron chi connectivity index (χ4n) is 3.32. The summed E-state index contributed by atoms with van der Waals surface area (Å²) in [6, 6.07) is 13.7. The van der Waals surface area contributed by atoms with Gasteiger partial charge in [-0.25, -0.2) is 4.98 Å². The number of carbonyl (C=O) groups excluding carboxylic acids is 1. The molecular weight excluding hydrogens is 474 g/mol. The number of halogens is 2. The summed E-state index contributed by atoms with van der Waals surface area (Å²) in [5.41, 5.74) is 2.76. The monoisotopic (exact) mass is 495 g/mol. The highest BCUT2D eigenvalue weighted by Gasteiger charge is 2.23. The molecule has 5 nitrogen and oxygen atoms in total. The lowest BCUT2D eigenvalue weighted by atomic mass is 10.2. The molecule has 1 aliphatic heterocycles. The minimum atomic E-state index is -0.0220. The zero-order chi connectivity index (χ0) is 19.5. The Morgan fingerprint density at radius 2 is 2.00 bits per heavy atom. The van der Waals surface area contributed by atoms with Gasteiger partial charge in [-0.05, 0) is 36.8 Å². The second kappa shape index (κ2) is 10.00. The molecule has 4 rings (SSSR count). The van der Waals surface area contributed by atoms with Crippen LogP contribution in [0.3, 0.4) is 0 Å². The molecule has 0 atom stereocenters. The molecule has 1 fully saturated rings. The quantitative estimate of drug-likeness (QED) is 0.510. The van der Waals surface area contributed by atoms with Crippen LogP contribution in [0.2, 0.25) is 0 Å². The molecule has 1 aromatic heterocycles. The van der Waals surface area contributed by atoms with E-state index >= 15 is 0 Å². The van der Waals surface area contributed by atoms with Crippen molar-refractivity contribution in [1.82, 2.24) is 9.88 Å². The molecule has 3 aromatic rings. The number of para-hydroxylation sites is 1. The third-order valence-corrected chi connectivity index (χ3v) is 6.44. The fourth-order valence-corrected chi connectivity index (χ4v) is 4.78. The van der Waals surface area contributed by atoms with E-state index in [0.717, 1.165) is 58.2 Å². The van der Waals surface area contributed by atoms with Crippen LogP contribution in [0.4, 0.5) is 5.13 Å². The van der Waals surface area contributed by atoms with Gasteiger partial charge in [0.2, 0.25) is 0 Å². The van der Waals surface area contributed by atoms with Crippen molar-refractivity contribution in [2.24, 2.45) is 0 Å². The summed E-state index contributed by atoms with van der Waals surface area (Å²) in [4.78, 5) is 22.3. The van der Waals surface area contributed by atoms with Gasteiger partial charge in [0.25, 0.3) is 5.91 Å². The number of aromatic nitrogens is 1. The van der Waals surface area contributed by atoms with Crippen LogP contribution in [0, 0.1) is 6.92 Å². The van der Waals surface area contributed by atoms with Crippen molar-refractivity contribution >= 4 is 60.9 Å². The second-order valence-corrected chi connectivity index (χ2v) is 8.76. The largest absolute Gasteiger partial charge is 0.379 e. The molecule has 8 heteroatoms. The lowest BCUT2D eigenvalue weighted by Crippen LogP contribution is -2.43. The van der Waals surface area contributed by atoms with E-state index in [-0.39, 0.29) is 18.3 Å². The van der Waals surface area contributed by atoms with E-state index in [2.05, 4.69) is 39.9 Å². The average Bonchev–Trinajstić information content (AvgIpc) is 3.14.